The minimum absolute atomic E-state index is 0.0562. The van der Waals surface area contributed by atoms with Gasteiger partial charge >= 0.3 is 0 Å². The maximum Gasteiger partial charge on any atom is 0.282 e. The third kappa shape index (κ3) is 6.53. The Morgan fingerprint density at radius 2 is 1.89 bits per heavy atom. The first kappa shape index (κ1) is 27.6. The van der Waals surface area contributed by atoms with Gasteiger partial charge in [-0.3, -0.25) is 4.79 Å². The molecule has 192 valence electrons. The van der Waals surface area contributed by atoms with Gasteiger partial charge in [0.15, 0.2) is 11.5 Å². The molecule has 0 unspecified atom stereocenters. The fourth-order valence-corrected chi connectivity index (χ4v) is 4.97. The molecule has 1 atom stereocenters. The van der Waals surface area contributed by atoms with E-state index in [1.165, 1.54) is 4.68 Å². The van der Waals surface area contributed by atoms with Gasteiger partial charge in [0.05, 0.1) is 27.3 Å². The van der Waals surface area contributed by atoms with Crippen LogP contribution in [-0.2, 0) is 6.61 Å². The minimum Gasteiger partial charge on any atom is -0.490 e. The summed E-state index contributed by atoms with van der Waals surface area (Å²) in [4.78, 5) is 18.2. The Hall–Kier alpha value is -2.43. The number of hydrogen-bond acceptors (Lipinski definition) is 5. The highest BCUT2D eigenvalue weighted by molar-refractivity contribution is 14.1. The second-order valence-corrected chi connectivity index (χ2v) is 11.0. The molecule has 3 aromatic carbocycles. The topological polar surface area (TPSA) is 65.7 Å². The molecule has 0 amide bonds. The van der Waals surface area contributed by atoms with Gasteiger partial charge in [0.1, 0.15) is 12.4 Å². The van der Waals surface area contributed by atoms with E-state index in [-0.39, 0.29) is 11.5 Å². The van der Waals surface area contributed by atoms with Gasteiger partial charge in [-0.05, 0) is 89.5 Å². The lowest BCUT2D eigenvalue weighted by Crippen LogP contribution is -2.23. The highest BCUT2D eigenvalue weighted by atomic mass is 127. The van der Waals surface area contributed by atoms with Crippen molar-refractivity contribution in [3.63, 3.8) is 0 Å². The molecule has 0 fully saturated rings. The highest BCUT2D eigenvalue weighted by Crippen LogP contribution is 2.34. The fraction of sp³-hybridized carbons (Fsp3) is 0.250. The maximum absolute atomic E-state index is 13.4. The predicted molar refractivity (Wildman–Crippen MR) is 162 cm³/mol. The summed E-state index contributed by atoms with van der Waals surface area (Å²) >= 11 is 11.7. The molecule has 0 aliphatic rings. The number of halogens is 3. The lowest BCUT2D eigenvalue weighted by atomic mass is 10.1. The summed E-state index contributed by atoms with van der Waals surface area (Å²) in [6.45, 7) is 6.90. The van der Waals surface area contributed by atoms with E-state index in [9.17, 15) is 4.79 Å². The summed E-state index contributed by atoms with van der Waals surface area (Å²) in [5.41, 5.74) is 2.23. The molecule has 6 nitrogen and oxygen atoms in total. The van der Waals surface area contributed by atoms with Gasteiger partial charge in [-0.25, -0.2) is 4.98 Å². The molecule has 0 aliphatic carbocycles. The number of fused-ring (bicyclic) bond motifs is 1. The van der Waals surface area contributed by atoms with Gasteiger partial charge in [-0.15, -0.1) is 0 Å². The average Bonchev–Trinajstić information content (AvgIpc) is 2.88. The van der Waals surface area contributed by atoms with E-state index in [0.717, 1.165) is 25.6 Å². The lowest BCUT2D eigenvalue weighted by Gasteiger charge is -2.15. The molecule has 4 aromatic rings. The van der Waals surface area contributed by atoms with E-state index in [1.54, 1.807) is 12.3 Å². The van der Waals surface area contributed by atoms with Crippen LogP contribution in [0, 0.1) is 3.57 Å². The van der Waals surface area contributed by atoms with Crippen LogP contribution in [0.2, 0.25) is 5.02 Å². The zero-order chi connectivity index (χ0) is 26.5. The monoisotopic (exact) mass is 693 g/mol. The molecule has 0 radical (unpaired) electrons. The van der Waals surface area contributed by atoms with Crippen molar-refractivity contribution in [2.45, 2.75) is 39.7 Å². The van der Waals surface area contributed by atoms with Crippen LogP contribution in [0.3, 0.4) is 0 Å². The van der Waals surface area contributed by atoms with Crippen molar-refractivity contribution >= 4 is 67.2 Å². The summed E-state index contributed by atoms with van der Waals surface area (Å²) in [5.74, 6) is 1.95. The molecule has 0 aliphatic heterocycles. The Kier molecular flexibility index (Phi) is 9.26. The van der Waals surface area contributed by atoms with Crippen molar-refractivity contribution in [3.05, 3.63) is 95.0 Å². The van der Waals surface area contributed by atoms with E-state index < -0.39 is 0 Å². The maximum atomic E-state index is 13.4. The zero-order valence-corrected chi connectivity index (χ0v) is 25.2. The summed E-state index contributed by atoms with van der Waals surface area (Å²) in [5, 5.41) is 5.78. The number of aromatic nitrogens is 2. The van der Waals surface area contributed by atoms with Crippen molar-refractivity contribution < 1.29 is 9.47 Å². The lowest BCUT2D eigenvalue weighted by molar-refractivity contribution is 0.267. The molecule has 1 heterocycles. The molecule has 37 heavy (non-hydrogen) atoms. The number of benzene rings is 3. The third-order valence-corrected chi connectivity index (χ3v) is 7.38. The molecule has 1 aromatic heterocycles. The van der Waals surface area contributed by atoms with E-state index in [2.05, 4.69) is 50.5 Å². The first-order chi connectivity index (χ1) is 17.8. The Labute approximate surface area is 242 Å². The van der Waals surface area contributed by atoms with Crippen molar-refractivity contribution in [1.29, 1.82) is 0 Å². The van der Waals surface area contributed by atoms with Gasteiger partial charge in [-0.1, -0.05) is 53.5 Å². The second-order valence-electron chi connectivity index (χ2n) is 8.48. The van der Waals surface area contributed by atoms with Crippen molar-refractivity contribution in [3.8, 4) is 11.5 Å². The number of hydrogen-bond donors (Lipinski definition) is 0. The van der Waals surface area contributed by atoms with Crippen molar-refractivity contribution in [2.24, 2.45) is 5.10 Å². The highest BCUT2D eigenvalue weighted by Gasteiger charge is 2.16. The normalized spacial score (nSPS) is 12.3. The molecule has 0 saturated carbocycles. The summed E-state index contributed by atoms with van der Waals surface area (Å²) < 4.78 is 15.1. The van der Waals surface area contributed by atoms with Crippen LogP contribution < -0.4 is 15.0 Å². The molecular weight excluding hydrogens is 669 g/mol. The summed E-state index contributed by atoms with van der Waals surface area (Å²) in [7, 11) is 0. The van der Waals surface area contributed by atoms with Crippen molar-refractivity contribution in [1.82, 2.24) is 9.66 Å². The molecule has 0 bridgehead atoms. The van der Waals surface area contributed by atoms with E-state index in [4.69, 9.17) is 26.1 Å². The standard InChI is InChI=1S/C28H26BrClIN3O3/c1-4-17(3)27-33-24-11-8-20(29)14-22(24)28(35)34(27)32-15-19-12-23(31)26(25(13-19)36-5-2)37-16-18-6-9-21(30)10-7-18/h6-15,17H,4-5,16H2,1-3H3/t17-/m0/s1. The van der Waals surface area contributed by atoms with Crippen LogP contribution in [0.15, 0.2) is 69.0 Å². The van der Waals surface area contributed by atoms with Gasteiger partial charge in [0, 0.05) is 15.4 Å². The van der Waals surface area contributed by atoms with Crippen LogP contribution in [0.1, 0.15) is 50.1 Å². The van der Waals surface area contributed by atoms with Gasteiger partial charge in [0.25, 0.3) is 5.56 Å². The zero-order valence-electron chi connectivity index (χ0n) is 20.7. The third-order valence-electron chi connectivity index (χ3n) is 5.84. The quantitative estimate of drug-likeness (QED) is 0.133. The summed E-state index contributed by atoms with van der Waals surface area (Å²) in [6, 6.07) is 16.9. The Bertz CT molecular complexity index is 1510. The average molecular weight is 695 g/mol. The van der Waals surface area contributed by atoms with E-state index in [0.29, 0.717) is 46.5 Å². The van der Waals surface area contributed by atoms with Crippen LogP contribution in [-0.4, -0.2) is 22.5 Å². The van der Waals surface area contributed by atoms with Crippen LogP contribution in [0.25, 0.3) is 10.9 Å². The van der Waals surface area contributed by atoms with E-state index >= 15 is 0 Å². The molecule has 4 rings (SSSR count). The Morgan fingerprint density at radius 1 is 1.14 bits per heavy atom. The number of ether oxygens (including phenoxy) is 2. The molecule has 0 N–H and O–H groups in total. The SMILES string of the molecule is CCOc1cc(C=Nn2c([C@@H](C)CC)nc3ccc(Br)cc3c2=O)cc(I)c1OCc1ccc(Cl)cc1. The van der Waals surface area contributed by atoms with Gasteiger partial charge < -0.3 is 9.47 Å². The smallest absolute Gasteiger partial charge is 0.282 e. The van der Waals surface area contributed by atoms with Crippen LogP contribution in [0.5, 0.6) is 11.5 Å². The second kappa shape index (κ2) is 12.4. The van der Waals surface area contributed by atoms with Crippen molar-refractivity contribution in [2.75, 3.05) is 6.61 Å². The van der Waals surface area contributed by atoms with E-state index in [1.807, 2.05) is 62.4 Å². The Balaban J connectivity index is 1.71. The minimum atomic E-state index is -0.208. The summed E-state index contributed by atoms with van der Waals surface area (Å²) in [6.07, 6.45) is 2.49. The number of nitrogens with zero attached hydrogens (tertiary/aromatic N) is 3. The molecule has 0 spiro atoms. The Morgan fingerprint density at radius 3 is 2.59 bits per heavy atom. The van der Waals surface area contributed by atoms with Gasteiger partial charge in [0.2, 0.25) is 0 Å². The molecule has 9 heteroatoms. The largest absolute Gasteiger partial charge is 0.490 e. The first-order valence-corrected chi connectivity index (χ1v) is 14.2. The molecular formula is C28H26BrClIN3O3. The van der Waals surface area contributed by atoms with Gasteiger partial charge in [-0.2, -0.15) is 9.78 Å². The molecule has 0 saturated heterocycles. The van der Waals surface area contributed by atoms with Crippen LogP contribution >= 0.6 is 50.1 Å². The number of rotatable bonds is 9. The fourth-order valence-electron chi connectivity index (χ4n) is 3.71. The first-order valence-electron chi connectivity index (χ1n) is 11.9. The van der Waals surface area contributed by atoms with Crippen LogP contribution in [0.4, 0.5) is 0 Å². The predicted octanol–water partition coefficient (Wildman–Crippen LogP) is 7.79.